The molecule has 2 N–H and O–H groups in total. The van der Waals surface area contributed by atoms with E-state index in [9.17, 15) is 0 Å². The SMILES string of the molecule is CC/C(C)=C(/C)B(O)O. The Morgan fingerprint density at radius 3 is 1.89 bits per heavy atom. The predicted molar refractivity (Wildman–Crippen MR) is 38.9 cm³/mol. The van der Waals surface area contributed by atoms with Crippen molar-refractivity contribution in [2.45, 2.75) is 27.2 Å². The van der Waals surface area contributed by atoms with Gasteiger partial charge in [-0.1, -0.05) is 12.5 Å². The third-order valence-electron chi connectivity index (χ3n) is 1.59. The van der Waals surface area contributed by atoms with Crippen LogP contribution in [0.3, 0.4) is 0 Å². The molecule has 0 saturated heterocycles. The molecule has 0 bridgehead atoms. The molecule has 0 spiro atoms. The zero-order valence-corrected chi connectivity index (χ0v) is 6.18. The highest BCUT2D eigenvalue weighted by Gasteiger charge is 2.10. The van der Waals surface area contributed by atoms with E-state index in [4.69, 9.17) is 10.0 Å². The van der Waals surface area contributed by atoms with Gasteiger partial charge in [-0.05, 0) is 25.7 Å². The fourth-order valence-electron chi connectivity index (χ4n) is 0.499. The lowest BCUT2D eigenvalue weighted by atomic mass is 9.77. The van der Waals surface area contributed by atoms with Crippen molar-refractivity contribution in [1.29, 1.82) is 0 Å². The summed E-state index contributed by atoms with van der Waals surface area (Å²) in [6.45, 7) is 5.61. The zero-order chi connectivity index (χ0) is 7.44. The molecule has 0 radical (unpaired) electrons. The summed E-state index contributed by atoms with van der Waals surface area (Å²) in [6.07, 6.45) is 0.878. The van der Waals surface area contributed by atoms with Crippen LogP contribution >= 0.6 is 0 Å². The summed E-state index contributed by atoms with van der Waals surface area (Å²) >= 11 is 0. The van der Waals surface area contributed by atoms with Crippen LogP contribution in [0.15, 0.2) is 11.0 Å². The molecule has 0 heterocycles. The minimum atomic E-state index is -1.27. The summed E-state index contributed by atoms with van der Waals surface area (Å²) in [4.78, 5) is 0. The Morgan fingerprint density at radius 1 is 1.33 bits per heavy atom. The van der Waals surface area contributed by atoms with Crippen LogP contribution in [0, 0.1) is 0 Å². The molecule has 3 heteroatoms. The standard InChI is InChI=1S/C6H13BO2/c1-4-5(2)6(3)7(8)9/h8-9H,4H2,1-3H3/b6-5-. The fraction of sp³-hybridized carbons (Fsp3) is 0.667. The van der Waals surface area contributed by atoms with Crippen molar-refractivity contribution in [3.8, 4) is 0 Å². The van der Waals surface area contributed by atoms with E-state index < -0.39 is 7.12 Å². The van der Waals surface area contributed by atoms with Crippen LogP contribution in [0.5, 0.6) is 0 Å². The molecule has 9 heavy (non-hydrogen) atoms. The molecule has 0 aliphatic carbocycles. The molecule has 2 nitrogen and oxygen atoms in total. The molecular formula is C6H13BO2. The molecule has 52 valence electrons. The summed E-state index contributed by atoms with van der Waals surface area (Å²) in [7, 11) is -1.27. The van der Waals surface area contributed by atoms with E-state index in [1.54, 1.807) is 6.92 Å². The van der Waals surface area contributed by atoms with Gasteiger partial charge in [0.2, 0.25) is 0 Å². The van der Waals surface area contributed by atoms with Crippen molar-refractivity contribution in [1.82, 2.24) is 0 Å². The maximum absolute atomic E-state index is 8.62. The minimum absolute atomic E-state index is 0.664. The quantitative estimate of drug-likeness (QED) is 0.538. The van der Waals surface area contributed by atoms with E-state index in [2.05, 4.69) is 0 Å². The van der Waals surface area contributed by atoms with Crippen molar-refractivity contribution in [3.63, 3.8) is 0 Å². The van der Waals surface area contributed by atoms with Gasteiger partial charge in [0, 0.05) is 0 Å². The molecule has 0 aliphatic heterocycles. The largest absolute Gasteiger partial charge is 0.483 e. The highest BCUT2D eigenvalue weighted by atomic mass is 16.4. The number of hydrogen-bond acceptors (Lipinski definition) is 2. The van der Waals surface area contributed by atoms with Crippen molar-refractivity contribution < 1.29 is 10.0 Å². The second-order valence-corrected chi connectivity index (χ2v) is 2.19. The normalized spacial score (nSPS) is 13.0. The minimum Gasteiger partial charge on any atom is -0.423 e. The van der Waals surface area contributed by atoms with Gasteiger partial charge in [-0.25, -0.2) is 0 Å². The summed E-state index contributed by atoms with van der Waals surface area (Å²) in [5.74, 6) is 0. The van der Waals surface area contributed by atoms with Gasteiger partial charge in [0.25, 0.3) is 0 Å². The van der Waals surface area contributed by atoms with E-state index in [0.29, 0.717) is 5.47 Å². The van der Waals surface area contributed by atoms with Gasteiger partial charge in [-0.3, -0.25) is 0 Å². The van der Waals surface area contributed by atoms with Crippen LogP contribution in [0.4, 0.5) is 0 Å². The molecule has 0 unspecified atom stereocenters. The van der Waals surface area contributed by atoms with Crippen molar-refractivity contribution in [2.24, 2.45) is 0 Å². The molecule has 0 aromatic rings. The van der Waals surface area contributed by atoms with E-state index in [-0.39, 0.29) is 0 Å². The molecular weight excluding hydrogens is 115 g/mol. The van der Waals surface area contributed by atoms with E-state index in [1.165, 1.54) is 0 Å². The Hall–Kier alpha value is -0.275. The lowest BCUT2D eigenvalue weighted by molar-refractivity contribution is 0.418. The van der Waals surface area contributed by atoms with Crippen LogP contribution in [-0.4, -0.2) is 17.2 Å². The smallest absolute Gasteiger partial charge is 0.423 e. The van der Waals surface area contributed by atoms with Crippen molar-refractivity contribution in [3.05, 3.63) is 11.0 Å². The van der Waals surface area contributed by atoms with E-state index in [0.717, 1.165) is 12.0 Å². The Bertz CT molecular complexity index is 118. The highest BCUT2D eigenvalue weighted by Crippen LogP contribution is 2.06. The summed E-state index contributed by atoms with van der Waals surface area (Å²) < 4.78 is 0. The van der Waals surface area contributed by atoms with Crippen molar-refractivity contribution in [2.75, 3.05) is 0 Å². The zero-order valence-electron chi connectivity index (χ0n) is 6.18. The highest BCUT2D eigenvalue weighted by molar-refractivity contribution is 6.50. The van der Waals surface area contributed by atoms with Crippen LogP contribution in [-0.2, 0) is 0 Å². The Balaban J connectivity index is 4.10. The van der Waals surface area contributed by atoms with Gasteiger partial charge in [-0.2, -0.15) is 0 Å². The molecule has 0 amide bonds. The van der Waals surface area contributed by atoms with Gasteiger partial charge >= 0.3 is 7.12 Å². The van der Waals surface area contributed by atoms with Gasteiger partial charge in [0.1, 0.15) is 0 Å². The van der Waals surface area contributed by atoms with Crippen molar-refractivity contribution >= 4 is 7.12 Å². The predicted octanol–water partition coefficient (Wildman–Crippen LogP) is 0.745. The third-order valence-corrected chi connectivity index (χ3v) is 1.59. The molecule has 0 aromatic carbocycles. The lowest BCUT2D eigenvalue weighted by Gasteiger charge is -2.02. The molecule has 0 fully saturated rings. The lowest BCUT2D eigenvalue weighted by Crippen LogP contribution is -2.14. The first-order chi connectivity index (χ1) is 4.09. The first-order valence-corrected chi connectivity index (χ1v) is 3.12. The van der Waals surface area contributed by atoms with Gasteiger partial charge in [0.15, 0.2) is 0 Å². The summed E-state index contributed by atoms with van der Waals surface area (Å²) in [6, 6.07) is 0. The van der Waals surface area contributed by atoms with Gasteiger partial charge in [-0.15, -0.1) is 0 Å². The maximum Gasteiger partial charge on any atom is 0.483 e. The second kappa shape index (κ2) is 3.69. The molecule has 0 aliphatic rings. The molecule has 0 saturated carbocycles. The first kappa shape index (κ1) is 8.72. The molecule has 0 atom stereocenters. The Kier molecular flexibility index (Phi) is 3.58. The molecule has 0 rings (SSSR count). The van der Waals surface area contributed by atoms with Crippen LogP contribution in [0.1, 0.15) is 27.2 Å². The van der Waals surface area contributed by atoms with E-state index in [1.807, 2.05) is 13.8 Å². The van der Waals surface area contributed by atoms with E-state index >= 15 is 0 Å². The van der Waals surface area contributed by atoms with Crippen LogP contribution < -0.4 is 0 Å². The number of allylic oxidation sites excluding steroid dienone is 2. The Labute approximate surface area is 56.4 Å². The van der Waals surface area contributed by atoms with Crippen LogP contribution in [0.25, 0.3) is 0 Å². The number of rotatable bonds is 2. The first-order valence-electron chi connectivity index (χ1n) is 3.12. The summed E-state index contributed by atoms with van der Waals surface area (Å²) in [5.41, 5.74) is 1.71. The fourth-order valence-corrected chi connectivity index (χ4v) is 0.499. The summed E-state index contributed by atoms with van der Waals surface area (Å²) in [5, 5.41) is 17.2. The second-order valence-electron chi connectivity index (χ2n) is 2.19. The molecule has 0 aromatic heterocycles. The number of hydrogen-bond donors (Lipinski definition) is 2. The third kappa shape index (κ3) is 2.68. The van der Waals surface area contributed by atoms with Gasteiger partial charge in [0.05, 0.1) is 0 Å². The monoisotopic (exact) mass is 128 g/mol. The van der Waals surface area contributed by atoms with Crippen LogP contribution in [0.2, 0.25) is 0 Å². The van der Waals surface area contributed by atoms with Gasteiger partial charge < -0.3 is 10.0 Å². The topological polar surface area (TPSA) is 40.5 Å². The average molecular weight is 128 g/mol. The Morgan fingerprint density at radius 2 is 1.78 bits per heavy atom. The maximum atomic E-state index is 8.62. The average Bonchev–Trinajstić information content (AvgIpc) is 1.84.